The van der Waals surface area contributed by atoms with E-state index in [1.807, 2.05) is 20.8 Å². The summed E-state index contributed by atoms with van der Waals surface area (Å²) in [6.07, 6.45) is 3.99. The molecule has 0 aromatic carbocycles. The highest BCUT2D eigenvalue weighted by molar-refractivity contribution is 5.77. The number of urea groups is 1. The summed E-state index contributed by atoms with van der Waals surface area (Å²) in [7, 11) is 0. The van der Waals surface area contributed by atoms with Crippen molar-refractivity contribution in [1.29, 1.82) is 0 Å². The molecule has 11 heteroatoms. The second-order valence-electron chi connectivity index (χ2n) is 10.3. The van der Waals surface area contributed by atoms with Crippen molar-refractivity contribution < 1.29 is 23.6 Å². The van der Waals surface area contributed by atoms with Crippen LogP contribution in [0.15, 0.2) is 4.42 Å². The summed E-state index contributed by atoms with van der Waals surface area (Å²) in [4.78, 5) is 36.7. The van der Waals surface area contributed by atoms with Gasteiger partial charge in [-0.25, -0.2) is 9.59 Å². The number of amides is 3. The zero-order valence-corrected chi connectivity index (χ0v) is 20.9. The molecule has 2 atom stereocenters. The smallest absolute Gasteiger partial charge is 0.410 e. The predicted octanol–water partition coefficient (Wildman–Crippen LogP) is 2.84. The van der Waals surface area contributed by atoms with E-state index in [9.17, 15) is 9.59 Å². The monoisotopic (exact) mass is 478 g/mol. The van der Waals surface area contributed by atoms with E-state index in [2.05, 4.69) is 22.0 Å². The fourth-order valence-electron chi connectivity index (χ4n) is 4.60. The summed E-state index contributed by atoms with van der Waals surface area (Å²) in [6.45, 7) is 12.5. The van der Waals surface area contributed by atoms with Crippen LogP contribution < -0.4 is 0 Å². The molecule has 4 rings (SSSR count). The Morgan fingerprint density at radius 1 is 1.15 bits per heavy atom. The molecule has 1 aromatic heterocycles. The van der Waals surface area contributed by atoms with E-state index in [4.69, 9.17) is 14.0 Å². The van der Waals surface area contributed by atoms with Crippen LogP contribution in [0.1, 0.15) is 71.2 Å². The van der Waals surface area contributed by atoms with E-state index in [0.717, 1.165) is 45.3 Å². The molecule has 0 radical (unpaired) electrons. The maximum atomic E-state index is 12.8. The number of hydrogen-bond acceptors (Lipinski definition) is 8. The standard InChI is InChI=1S/C23H38N6O5/c1-5-6-15-32-29-17-7-8-18(28(16-17)21(29)30)20-25-24-19(33-20)9-10-26-11-13-27(14-12-26)22(31)34-23(2,3)4/h17-18H,5-16H2,1-4H3/t17-,18-/m0/s1. The molecule has 0 spiro atoms. The molecule has 3 aliphatic rings. The first-order chi connectivity index (χ1) is 16.2. The Bertz CT molecular complexity index is 847. The minimum absolute atomic E-state index is 0.0994. The molecule has 1 aromatic rings. The molecule has 190 valence electrons. The van der Waals surface area contributed by atoms with Gasteiger partial charge in [0, 0.05) is 45.7 Å². The first-order valence-corrected chi connectivity index (χ1v) is 12.5. The fraction of sp³-hybridized carbons (Fsp3) is 0.826. The van der Waals surface area contributed by atoms with Gasteiger partial charge in [0.2, 0.25) is 11.8 Å². The lowest BCUT2D eigenvalue weighted by Crippen LogP contribution is -2.50. The SMILES string of the molecule is CCCCON1C(=O)N2C[C@@H]1CC[C@H]2c1nnc(CCN2CCN(C(=O)OC(C)(C)C)CC2)o1. The average Bonchev–Trinajstić information content (AvgIpc) is 3.36. The van der Waals surface area contributed by atoms with Gasteiger partial charge >= 0.3 is 12.1 Å². The summed E-state index contributed by atoms with van der Waals surface area (Å²) in [5, 5.41) is 10.0. The molecular weight excluding hydrogens is 440 g/mol. The normalized spacial score (nSPS) is 23.6. The van der Waals surface area contributed by atoms with Crippen LogP contribution in [0.25, 0.3) is 0 Å². The Morgan fingerprint density at radius 2 is 1.91 bits per heavy atom. The fourth-order valence-corrected chi connectivity index (χ4v) is 4.60. The van der Waals surface area contributed by atoms with Gasteiger partial charge in [0.15, 0.2) is 0 Å². The molecule has 3 aliphatic heterocycles. The number of rotatable bonds is 8. The molecule has 0 aliphatic carbocycles. The predicted molar refractivity (Wildman–Crippen MR) is 123 cm³/mol. The second kappa shape index (κ2) is 10.5. The van der Waals surface area contributed by atoms with E-state index >= 15 is 0 Å². The number of hydroxylamine groups is 2. The third-order valence-corrected chi connectivity index (χ3v) is 6.48. The first-order valence-electron chi connectivity index (χ1n) is 12.5. The van der Waals surface area contributed by atoms with E-state index in [1.165, 1.54) is 0 Å². The van der Waals surface area contributed by atoms with Crippen LogP contribution in [-0.4, -0.2) is 99.6 Å². The van der Waals surface area contributed by atoms with Crippen LogP contribution in [0.5, 0.6) is 0 Å². The minimum atomic E-state index is -0.483. The number of carbonyl (C=O) groups is 2. The zero-order valence-electron chi connectivity index (χ0n) is 20.9. The Kier molecular flexibility index (Phi) is 7.61. The van der Waals surface area contributed by atoms with Crippen molar-refractivity contribution in [2.45, 2.75) is 77.5 Å². The number of hydrogen-bond donors (Lipinski definition) is 0. The number of piperidine rings is 1. The number of fused-ring (bicyclic) bond motifs is 2. The van der Waals surface area contributed by atoms with Gasteiger partial charge in [0.25, 0.3) is 0 Å². The van der Waals surface area contributed by atoms with E-state index in [-0.39, 0.29) is 24.2 Å². The van der Waals surface area contributed by atoms with Gasteiger partial charge in [0.05, 0.1) is 12.6 Å². The number of piperazine rings is 1. The zero-order chi connectivity index (χ0) is 24.3. The van der Waals surface area contributed by atoms with Crippen molar-refractivity contribution in [3.05, 3.63) is 11.8 Å². The summed E-state index contributed by atoms with van der Waals surface area (Å²) in [6, 6.07) is -0.198. The van der Waals surface area contributed by atoms with Crippen molar-refractivity contribution in [2.75, 3.05) is 45.9 Å². The van der Waals surface area contributed by atoms with Crippen molar-refractivity contribution in [3.63, 3.8) is 0 Å². The Hall–Kier alpha value is -2.40. The van der Waals surface area contributed by atoms with Gasteiger partial charge < -0.3 is 19.0 Å². The van der Waals surface area contributed by atoms with Gasteiger partial charge in [0.1, 0.15) is 11.6 Å². The van der Waals surface area contributed by atoms with Gasteiger partial charge in [-0.3, -0.25) is 9.74 Å². The minimum Gasteiger partial charge on any atom is -0.444 e. The average molecular weight is 479 g/mol. The van der Waals surface area contributed by atoms with Crippen molar-refractivity contribution >= 4 is 12.1 Å². The van der Waals surface area contributed by atoms with Crippen molar-refractivity contribution in [1.82, 2.24) is 30.0 Å². The Labute approximate surface area is 201 Å². The number of carbonyl (C=O) groups excluding carboxylic acids is 2. The topological polar surface area (TPSA) is 104 Å². The molecule has 0 unspecified atom stereocenters. The highest BCUT2D eigenvalue weighted by Gasteiger charge is 2.47. The van der Waals surface area contributed by atoms with E-state index in [1.54, 1.807) is 14.9 Å². The maximum absolute atomic E-state index is 12.8. The number of nitrogens with zero attached hydrogens (tertiary/aromatic N) is 6. The summed E-state index contributed by atoms with van der Waals surface area (Å²) in [5.74, 6) is 1.08. The lowest BCUT2D eigenvalue weighted by atomic mass is 10.0. The third kappa shape index (κ3) is 5.80. The highest BCUT2D eigenvalue weighted by Crippen LogP contribution is 2.38. The molecule has 0 N–H and O–H groups in total. The summed E-state index contributed by atoms with van der Waals surface area (Å²) >= 11 is 0. The van der Waals surface area contributed by atoms with Gasteiger partial charge in [-0.05, 0) is 40.0 Å². The molecule has 11 nitrogen and oxygen atoms in total. The molecule has 3 amide bonds. The molecule has 4 heterocycles. The Morgan fingerprint density at radius 3 is 2.62 bits per heavy atom. The maximum Gasteiger partial charge on any atom is 0.410 e. The highest BCUT2D eigenvalue weighted by atomic mass is 16.7. The Balaban J connectivity index is 1.24. The van der Waals surface area contributed by atoms with Gasteiger partial charge in [-0.2, -0.15) is 5.06 Å². The quantitative estimate of drug-likeness (QED) is 0.526. The molecule has 3 saturated heterocycles. The van der Waals surface area contributed by atoms with Crippen LogP contribution in [0, 0.1) is 0 Å². The molecule has 34 heavy (non-hydrogen) atoms. The van der Waals surface area contributed by atoms with E-state index in [0.29, 0.717) is 44.4 Å². The number of ether oxygens (including phenoxy) is 1. The molecule has 3 fully saturated rings. The number of unbranched alkanes of at least 4 members (excludes halogenated alkanes) is 1. The van der Waals surface area contributed by atoms with Crippen LogP contribution in [0.2, 0.25) is 0 Å². The molecular formula is C23H38N6O5. The summed E-state index contributed by atoms with van der Waals surface area (Å²) < 4.78 is 11.4. The van der Waals surface area contributed by atoms with Gasteiger partial charge in [-0.1, -0.05) is 13.3 Å². The van der Waals surface area contributed by atoms with Crippen molar-refractivity contribution in [2.24, 2.45) is 0 Å². The van der Waals surface area contributed by atoms with Crippen molar-refractivity contribution in [3.8, 4) is 0 Å². The van der Waals surface area contributed by atoms with Crippen LogP contribution >= 0.6 is 0 Å². The van der Waals surface area contributed by atoms with Crippen LogP contribution in [0.3, 0.4) is 0 Å². The summed E-state index contributed by atoms with van der Waals surface area (Å²) in [5.41, 5.74) is -0.483. The number of aromatic nitrogens is 2. The van der Waals surface area contributed by atoms with Gasteiger partial charge in [-0.15, -0.1) is 10.2 Å². The third-order valence-electron chi connectivity index (χ3n) is 6.48. The first kappa shape index (κ1) is 24.7. The molecule has 0 saturated carbocycles. The largest absolute Gasteiger partial charge is 0.444 e. The second-order valence-corrected chi connectivity index (χ2v) is 10.3. The van der Waals surface area contributed by atoms with Crippen LogP contribution in [0.4, 0.5) is 9.59 Å². The lowest BCUT2D eigenvalue weighted by Gasteiger charge is -2.35. The molecule has 2 bridgehead atoms. The lowest BCUT2D eigenvalue weighted by molar-refractivity contribution is -0.130. The van der Waals surface area contributed by atoms with E-state index < -0.39 is 5.60 Å². The van der Waals surface area contributed by atoms with Crippen LogP contribution in [-0.2, 0) is 16.0 Å².